The van der Waals surface area contributed by atoms with Gasteiger partial charge in [0.15, 0.2) is 0 Å². The van der Waals surface area contributed by atoms with Crippen molar-refractivity contribution in [1.29, 1.82) is 0 Å². The average Bonchev–Trinajstić information content (AvgIpc) is 2.28. The van der Waals surface area contributed by atoms with Crippen LogP contribution in [-0.4, -0.2) is 35.7 Å². The Hall–Kier alpha value is -0.0800. The first-order chi connectivity index (χ1) is 7.53. The van der Waals surface area contributed by atoms with E-state index in [0.29, 0.717) is 12.6 Å². The summed E-state index contributed by atoms with van der Waals surface area (Å²) in [5.74, 6) is 0.855. The quantitative estimate of drug-likeness (QED) is 0.780. The van der Waals surface area contributed by atoms with Gasteiger partial charge in [0, 0.05) is 24.6 Å². The topological polar surface area (TPSA) is 23.5 Å². The molecule has 0 spiro atoms. The van der Waals surface area contributed by atoms with Gasteiger partial charge in [0.05, 0.1) is 0 Å². The van der Waals surface area contributed by atoms with Gasteiger partial charge in [-0.3, -0.25) is 0 Å². The van der Waals surface area contributed by atoms with Crippen molar-refractivity contribution < 1.29 is 5.11 Å². The summed E-state index contributed by atoms with van der Waals surface area (Å²) in [6.07, 6.45) is 4.98. The molecule has 0 unspecified atom stereocenters. The molecule has 96 valence electrons. The second kappa shape index (κ2) is 6.02. The zero-order chi connectivity index (χ0) is 12.2. The minimum absolute atomic E-state index is 0.187. The summed E-state index contributed by atoms with van der Waals surface area (Å²) in [5, 5.41) is 9.73. The van der Waals surface area contributed by atoms with Crippen molar-refractivity contribution in [2.45, 2.75) is 59.4 Å². The summed E-state index contributed by atoms with van der Waals surface area (Å²) < 4.78 is 0. The lowest BCUT2D eigenvalue weighted by molar-refractivity contribution is 0.0219. The molecule has 0 bridgehead atoms. The van der Waals surface area contributed by atoms with E-state index in [0.717, 1.165) is 19.0 Å². The van der Waals surface area contributed by atoms with E-state index < -0.39 is 0 Å². The maximum atomic E-state index is 9.73. The van der Waals surface area contributed by atoms with E-state index in [1.807, 2.05) is 0 Å². The molecule has 0 atom stereocenters. The molecule has 16 heavy (non-hydrogen) atoms. The second-order valence-electron chi connectivity index (χ2n) is 6.00. The highest BCUT2D eigenvalue weighted by Gasteiger charge is 2.35. The number of rotatable bonds is 5. The molecule has 1 rings (SSSR count). The van der Waals surface area contributed by atoms with Crippen LogP contribution in [0.25, 0.3) is 0 Å². The minimum atomic E-state index is 0.187. The van der Waals surface area contributed by atoms with Crippen molar-refractivity contribution in [2.75, 3.05) is 19.7 Å². The zero-order valence-corrected chi connectivity index (χ0v) is 11.5. The van der Waals surface area contributed by atoms with Gasteiger partial charge < -0.3 is 10.0 Å². The molecule has 2 nitrogen and oxygen atoms in total. The molecule has 0 saturated heterocycles. The van der Waals surface area contributed by atoms with Gasteiger partial charge in [0.25, 0.3) is 0 Å². The number of aliphatic hydroxyl groups excluding tert-OH is 1. The molecule has 0 aromatic heterocycles. The summed E-state index contributed by atoms with van der Waals surface area (Å²) in [6.45, 7) is 11.6. The lowest BCUT2D eigenvalue weighted by atomic mass is 9.71. The van der Waals surface area contributed by atoms with Crippen molar-refractivity contribution in [3.63, 3.8) is 0 Å². The van der Waals surface area contributed by atoms with Crippen LogP contribution in [0, 0.1) is 11.3 Å². The molecule has 0 radical (unpaired) electrons. The number of nitrogens with zero attached hydrogens (tertiary/aromatic N) is 1. The van der Waals surface area contributed by atoms with Gasteiger partial charge in [-0.15, -0.1) is 0 Å². The highest BCUT2D eigenvalue weighted by atomic mass is 16.3. The van der Waals surface area contributed by atoms with Crippen molar-refractivity contribution in [3.8, 4) is 0 Å². The molecule has 0 amide bonds. The van der Waals surface area contributed by atoms with E-state index in [1.165, 1.54) is 25.7 Å². The minimum Gasteiger partial charge on any atom is -0.396 e. The Balaban J connectivity index is 2.59. The lowest BCUT2D eigenvalue weighted by Gasteiger charge is -2.42. The maximum absolute atomic E-state index is 9.73. The van der Waals surface area contributed by atoms with E-state index >= 15 is 0 Å². The largest absolute Gasteiger partial charge is 0.396 e. The van der Waals surface area contributed by atoms with Gasteiger partial charge in [-0.1, -0.05) is 26.7 Å². The number of hydrogen-bond donors (Lipinski definition) is 1. The van der Waals surface area contributed by atoms with Crippen molar-refractivity contribution >= 4 is 0 Å². The Morgan fingerprint density at radius 2 is 1.88 bits per heavy atom. The van der Waals surface area contributed by atoms with Crippen LogP contribution in [0.1, 0.15) is 53.4 Å². The normalized spacial score (nSPS) is 31.3. The molecule has 2 heteroatoms. The SMILES string of the molecule is CCN(CC1(CO)CCC(C)CC1)C(C)C. The van der Waals surface area contributed by atoms with Gasteiger partial charge in [0.2, 0.25) is 0 Å². The summed E-state index contributed by atoms with van der Waals surface area (Å²) in [7, 11) is 0. The highest BCUT2D eigenvalue weighted by Crippen LogP contribution is 2.39. The molecule has 0 aromatic rings. The molecular weight excluding hydrogens is 198 g/mol. The van der Waals surface area contributed by atoms with E-state index in [9.17, 15) is 5.11 Å². The summed E-state index contributed by atoms with van der Waals surface area (Å²) in [5.41, 5.74) is 0.187. The third kappa shape index (κ3) is 3.46. The molecule has 1 aliphatic rings. The van der Waals surface area contributed by atoms with Gasteiger partial charge in [-0.2, -0.15) is 0 Å². The molecule has 1 saturated carbocycles. The van der Waals surface area contributed by atoms with Crippen molar-refractivity contribution in [3.05, 3.63) is 0 Å². The first kappa shape index (κ1) is 14.0. The van der Waals surface area contributed by atoms with E-state index in [4.69, 9.17) is 0 Å². The standard InChI is InChI=1S/C14H29NO/c1-5-15(12(2)3)10-14(11-16)8-6-13(4)7-9-14/h12-13,16H,5-11H2,1-4H3. The van der Waals surface area contributed by atoms with Crippen LogP contribution in [-0.2, 0) is 0 Å². The Morgan fingerprint density at radius 1 is 1.31 bits per heavy atom. The molecule has 0 aromatic carbocycles. The second-order valence-corrected chi connectivity index (χ2v) is 6.00. The van der Waals surface area contributed by atoms with Crippen LogP contribution >= 0.6 is 0 Å². The van der Waals surface area contributed by atoms with Crippen LogP contribution in [0.15, 0.2) is 0 Å². The van der Waals surface area contributed by atoms with Crippen LogP contribution in [0.2, 0.25) is 0 Å². The first-order valence-electron chi connectivity index (χ1n) is 6.88. The van der Waals surface area contributed by atoms with Crippen LogP contribution < -0.4 is 0 Å². The summed E-state index contributed by atoms with van der Waals surface area (Å²) >= 11 is 0. The Bertz CT molecular complexity index is 195. The predicted molar refractivity (Wildman–Crippen MR) is 69.5 cm³/mol. The zero-order valence-electron chi connectivity index (χ0n) is 11.5. The van der Waals surface area contributed by atoms with Crippen LogP contribution in [0.4, 0.5) is 0 Å². The predicted octanol–water partition coefficient (Wildman–Crippen LogP) is 2.91. The Morgan fingerprint density at radius 3 is 2.25 bits per heavy atom. The van der Waals surface area contributed by atoms with E-state index in [1.54, 1.807) is 0 Å². The van der Waals surface area contributed by atoms with Gasteiger partial charge in [0.1, 0.15) is 0 Å². The fourth-order valence-corrected chi connectivity index (χ4v) is 2.83. The molecule has 1 aliphatic carbocycles. The fraction of sp³-hybridized carbons (Fsp3) is 1.00. The molecule has 1 N–H and O–H groups in total. The van der Waals surface area contributed by atoms with E-state index in [-0.39, 0.29) is 5.41 Å². The van der Waals surface area contributed by atoms with Crippen LogP contribution in [0.3, 0.4) is 0 Å². The molecule has 0 heterocycles. The van der Waals surface area contributed by atoms with Crippen molar-refractivity contribution in [1.82, 2.24) is 4.90 Å². The molecule has 1 fully saturated rings. The Labute approximate surface area is 101 Å². The number of hydrogen-bond acceptors (Lipinski definition) is 2. The van der Waals surface area contributed by atoms with E-state index in [2.05, 4.69) is 32.6 Å². The smallest absolute Gasteiger partial charge is 0.0499 e. The third-order valence-electron chi connectivity index (χ3n) is 4.35. The first-order valence-corrected chi connectivity index (χ1v) is 6.88. The van der Waals surface area contributed by atoms with Gasteiger partial charge in [-0.05, 0) is 39.2 Å². The van der Waals surface area contributed by atoms with Crippen LogP contribution in [0.5, 0.6) is 0 Å². The molecular formula is C14H29NO. The maximum Gasteiger partial charge on any atom is 0.0499 e. The van der Waals surface area contributed by atoms with Gasteiger partial charge in [-0.25, -0.2) is 0 Å². The lowest BCUT2D eigenvalue weighted by Crippen LogP contribution is -2.45. The summed E-state index contributed by atoms with van der Waals surface area (Å²) in [4.78, 5) is 2.49. The highest BCUT2D eigenvalue weighted by molar-refractivity contribution is 4.87. The fourth-order valence-electron chi connectivity index (χ4n) is 2.83. The van der Waals surface area contributed by atoms with Gasteiger partial charge >= 0.3 is 0 Å². The monoisotopic (exact) mass is 227 g/mol. The van der Waals surface area contributed by atoms with Crippen molar-refractivity contribution in [2.24, 2.45) is 11.3 Å². The molecule has 0 aliphatic heterocycles. The number of aliphatic hydroxyl groups is 1. The third-order valence-corrected chi connectivity index (χ3v) is 4.35. The Kier molecular flexibility index (Phi) is 5.26. The average molecular weight is 227 g/mol. The summed E-state index contributed by atoms with van der Waals surface area (Å²) in [6, 6.07) is 0.591.